The van der Waals surface area contributed by atoms with E-state index < -0.39 is 26.6 Å². The zero-order valence-electron chi connectivity index (χ0n) is 17.2. The lowest BCUT2D eigenvalue weighted by molar-refractivity contribution is 0.0729. The Labute approximate surface area is 188 Å². The van der Waals surface area contributed by atoms with Crippen molar-refractivity contribution in [3.05, 3.63) is 60.1 Å². The highest BCUT2D eigenvalue weighted by molar-refractivity contribution is 7.98. The average Bonchev–Trinajstić information content (AvgIpc) is 3.43. The normalized spacial score (nSPS) is 15.1. The molecule has 0 radical (unpaired) electrons. The summed E-state index contributed by atoms with van der Waals surface area (Å²) in [4.78, 5) is 16.3. The van der Waals surface area contributed by atoms with E-state index >= 15 is 0 Å². The zero-order chi connectivity index (χ0) is 22.7. The van der Waals surface area contributed by atoms with Gasteiger partial charge in [0.1, 0.15) is 16.5 Å². The van der Waals surface area contributed by atoms with Gasteiger partial charge in [-0.1, -0.05) is 11.8 Å². The molecule has 1 aromatic carbocycles. The Morgan fingerprint density at radius 2 is 2.03 bits per heavy atom. The number of sulfonamides is 1. The molecule has 0 unspecified atom stereocenters. The first-order valence-electron chi connectivity index (χ1n) is 9.72. The van der Waals surface area contributed by atoms with Crippen LogP contribution < -0.4 is 5.32 Å². The van der Waals surface area contributed by atoms with Crippen LogP contribution in [-0.2, 0) is 27.6 Å². The molecular formula is C20H21FN4O5S2. The number of ether oxygens (including phenoxy) is 1. The molecule has 1 amide bonds. The van der Waals surface area contributed by atoms with Crippen molar-refractivity contribution in [2.45, 2.75) is 15.8 Å². The highest BCUT2D eigenvalue weighted by atomic mass is 32.2. The van der Waals surface area contributed by atoms with Crippen LogP contribution in [0.4, 0.5) is 10.1 Å². The summed E-state index contributed by atoms with van der Waals surface area (Å²) in [5, 5.41) is 3.38. The van der Waals surface area contributed by atoms with Gasteiger partial charge in [-0.3, -0.25) is 4.79 Å². The molecule has 1 saturated heterocycles. The molecule has 0 aliphatic carbocycles. The second-order valence-electron chi connectivity index (χ2n) is 6.99. The standard InChI is InChI=1S/C20H21FN4O5S2/c1-24-7-6-22-20(24)31-13-15-3-5-17(30-15)19(26)23-14-2-4-16(21)18(12-14)32(27,28)25-8-10-29-11-9-25/h2-7,12H,8-11,13H2,1H3,(H,23,26). The van der Waals surface area contributed by atoms with Gasteiger partial charge in [0.15, 0.2) is 10.9 Å². The van der Waals surface area contributed by atoms with Crippen LogP contribution in [-0.4, -0.2) is 54.5 Å². The highest BCUT2D eigenvalue weighted by Gasteiger charge is 2.29. The van der Waals surface area contributed by atoms with E-state index in [1.807, 2.05) is 17.8 Å². The lowest BCUT2D eigenvalue weighted by Gasteiger charge is -2.26. The van der Waals surface area contributed by atoms with Gasteiger partial charge in [-0.05, 0) is 30.3 Å². The fourth-order valence-electron chi connectivity index (χ4n) is 3.10. The number of anilines is 1. The Hall–Kier alpha value is -2.67. The van der Waals surface area contributed by atoms with Crippen LogP contribution >= 0.6 is 11.8 Å². The number of carbonyl (C=O) groups is 1. The van der Waals surface area contributed by atoms with E-state index in [1.165, 1.54) is 28.2 Å². The number of rotatable bonds is 7. The minimum absolute atomic E-state index is 0.0577. The average molecular weight is 481 g/mol. The SMILES string of the molecule is Cn1ccnc1SCc1ccc(C(=O)Nc2ccc(F)c(S(=O)(=O)N3CCOCC3)c2)o1. The Morgan fingerprint density at radius 3 is 2.75 bits per heavy atom. The lowest BCUT2D eigenvalue weighted by Crippen LogP contribution is -2.40. The predicted molar refractivity (Wildman–Crippen MR) is 115 cm³/mol. The molecule has 0 bridgehead atoms. The van der Waals surface area contributed by atoms with E-state index in [4.69, 9.17) is 9.15 Å². The van der Waals surface area contributed by atoms with Crippen molar-refractivity contribution in [2.24, 2.45) is 7.05 Å². The van der Waals surface area contributed by atoms with E-state index in [1.54, 1.807) is 12.3 Å². The Morgan fingerprint density at radius 1 is 1.25 bits per heavy atom. The third kappa shape index (κ3) is 4.88. The molecule has 12 heteroatoms. The smallest absolute Gasteiger partial charge is 0.291 e. The van der Waals surface area contributed by atoms with Crippen molar-refractivity contribution in [1.82, 2.24) is 13.9 Å². The Balaban J connectivity index is 1.45. The predicted octanol–water partition coefficient (Wildman–Crippen LogP) is 2.72. The van der Waals surface area contributed by atoms with Gasteiger partial charge >= 0.3 is 0 Å². The number of nitrogens with one attached hydrogen (secondary N) is 1. The minimum Gasteiger partial charge on any atom is -0.455 e. The van der Waals surface area contributed by atoms with Crippen LogP contribution in [0.25, 0.3) is 0 Å². The van der Waals surface area contributed by atoms with E-state index in [0.717, 1.165) is 17.3 Å². The van der Waals surface area contributed by atoms with Gasteiger partial charge in [0.25, 0.3) is 5.91 Å². The van der Waals surface area contributed by atoms with Crippen LogP contribution in [0, 0.1) is 5.82 Å². The maximum atomic E-state index is 14.3. The quantitative estimate of drug-likeness (QED) is 0.518. The fraction of sp³-hybridized carbons (Fsp3) is 0.300. The molecule has 1 aliphatic rings. The summed E-state index contributed by atoms with van der Waals surface area (Å²) in [7, 11) is -2.17. The summed E-state index contributed by atoms with van der Waals surface area (Å²) < 4.78 is 53.7. The third-order valence-electron chi connectivity index (χ3n) is 4.78. The molecule has 2 aromatic heterocycles. The topological polar surface area (TPSA) is 107 Å². The number of carbonyl (C=O) groups excluding carboxylic acids is 1. The van der Waals surface area contributed by atoms with Crippen molar-refractivity contribution in [2.75, 3.05) is 31.6 Å². The number of hydrogen-bond acceptors (Lipinski definition) is 7. The van der Waals surface area contributed by atoms with Gasteiger partial charge in [-0.2, -0.15) is 4.31 Å². The third-order valence-corrected chi connectivity index (χ3v) is 7.78. The van der Waals surface area contributed by atoms with Crippen LogP contribution in [0.5, 0.6) is 0 Å². The minimum atomic E-state index is -4.05. The van der Waals surface area contributed by atoms with E-state index in [9.17, 15) is 17.6 Å². The number of hydrogen-bond donors (Lipinski definition) is 1. The second kappa shape index (κ2) is 9.45. The zero-order valence-corrected chi connectivity index (χ0v) is 18.8. The van der Waals surface area contributed by atoms with Crippen LogP contribution in [0.1, 0.15) is 16.3 Å². The number of thioether (sulfide) groups is 1. The second-order valence-corrected chi connectivity index (χ2v) is 9.84. The number of imidazole rings is 1. The van der Waals surface area contributed by atoms with E-state index in [2.05, 4.69) is 10.3 Å². The number of amides is 1. The molecule has 0 atom stereocenters. The number of furan rings is 1. The van der Waals surface area contributed by atoms with E-state index in [0.29, 0.717) is 11.5 Å². The summed E-state index contributed by atoms with van der Waals surface area (Å²) in [5.41, 5.74) is 0.142. The molecule has 170 valence electrons. The first-order valence-corrected chi connectivity index (χ1v) is 12.1. The summed E-state index contributed by atoms with van der Waals surface area (Å²) in [6.07, 6.45) is 3.53. The number of nitrogens with zero attached hydrogens (tertiary/aromatic N) is 3. The van der Waals surface area contributed by atoms with Crippen molar-refractivity contribution in [1.29, 1.82) is 0 Å². The van der Waals surface area contributed by atoms with Crippen LogP contribution in [0.15, 0.2) is 57.2 Å². The molecular weight excluding hydrogens is 459 g/mol. The molecule has 0 spiro atoms. The van der Waals surface area contributed by atoms with Gasteiger partial charge in [-0.15, -0.1) is 0 Å². The van der Waals surface area contributed by atoms with Gasteiger partial charge in [0.05, 0.1) is 19.0 Å². The first kappa shape index (κ1) is 22.5. The van der Waals surface area contributed by atoms with E-state index in [-0.39, 0.29) is 37.8 Å². The molecule has 1 fully saturated rings. The maximum absolute atomic E-state index is 14.3. The maximum Gasteiger partial charge on any atom is 0.291 e. The summed E-state index contributed by atoms with van der Waals surface area (Å²) in [6, 6.07) is 6.63. The molecule has 0 saturated carbocycles. The monoisotopic (exact) mass is 480 g/mol. The highest BCUT2D eigenvalue weighted by Crippen LogP contribution is 2.25. The molecule has 32 heavy (non-hydrogen) atoms. The Bertz CT molecular complexity index is 1220. The van der Waals surface area contributed by atoms with Crippen LogP contribution in [0.2, 0.25) is 0 Å². The van der Waals surface area contributed by atoms with Crippen molar-refractivity contribution < 1.29 is 26.8 Å². The first-order chi connectivity index (χ1) is 15.3. The summed E-state index contributed by atoms with van der Waals surface area (Å²) in [6.45, 7) is 0.778. The number of benzene rings is 1. The largest absolute Gasteiger partial charge is 0.455 e. The van der Waals surface area contributed by atoms with Gasteiger partial charge < -0.3 is 19.0 Å². The number of morpholine rings is 1. The van der Waals surface area contributed by atoms with Gasteiger partial charge in [0, 0.05) is 38.2 Å². The van der Waals surface area contributed by atoms with Crippen LogP contribution in [0.3, 0.4) is 0 Å². The Kier molecular flexibility index (Phi) is 6.65. The molecule has 3 heterocycles. The van der Waals surface area contributed by atoms with Gasteiger partial charge in [0.2, 0.25) is 10.0 Å². The van der Waals surface area contributed by atoms with Crippen molar-refractivity contribution >= 4 is 33.4 Å². The lowest BCUT2D eigenvalue weighted by atomic mass is 10.3. The number of aromatic nitrogens is 2. The summed E-state index contributed by atoms with van der Waals surface area (Å²) >= 11 is 1.46. The van der Waals surface area contributed by atoms with Gasteiger partial charge in [-0.25, -0.2) is 17.8 Å². The van der Waals surface area contributed by atoms with Crippen molar-refractivity contribution in [3.8, 4) is 0 Å². The molecule has 4 rings (SSSR count). The molecule has 9 nitrogen and oxygen atoms in total. The summed E-state index contributed by atoms with van der Waals surface area (Å²) in [5.74, 6) is -0.336. The molecule has 1 aliphatic heterocycles. The number of aryl methyl sites for hydroxylation is 1. The molecule has 1 N–H and O–H groups in total. The molecule has 3 aromatic rings. The van der Waals surface area contributed by atoms with Crippen molar-refractivity contribution in [3.63, 3.8) is 0 Å². The fourth-order valence-corrected chi connectivity index (χ4v) is 5.43. The number of halogens is 1.